The van der Waals surface area contributed by atoms with E-state index in [2.05, 4.69) is 45.5 Å². The fourth-order valence-corrected chi connectivity index (χ4v) is 2.50. The van der Waals surface area contributed by atoms with E-state index in [-0.39, 0.29) is 0 Å². The van der Waals surface area contributed by atoms with Crippen LogP contribution >= 0.6 is 0 Å². The topological polar surface area (TPSA) is 51.6 Å². The van der Waals surface area contributed by atoms with Gasteiger partial charge < -0.3 is 9.13 Å². The summed E-state index contributed by atoms with van der Waals surface area (Å²) in [6.07, 6.45) is 4.34. The van der Waals surface area contributed by atoms with Crippen LogP contribution in [0.5, 0.6) is 0 Å². The van der Waals surface area contributed by atoms with Crippen LogP contribution in [-0.4, -0.2) is 9.13 Å². The highest BCUT2D eigenvalue weighted by Gasteiger charge is 2.10. The number of imidazole rings is 1. The zero-order valence-electron chi connectivity index (χ0n) is 12.2. The molecule has 0 bridgehead atoms. The van der Waals surface area contributed by atoms with Crippen LogP contribution in [-0.2, 0) is 13.1 Å². The molecule has 0 aliphatic rings. The molecule has 0 radical (unpaired) electrons. The fourth-order valence-electron chi connectivity index (χ4n) is 2.50. The van der Waals surface area contributed by atoms with Crippen molar-refractivity contribution in [1.82, 2.24) is 9.13 Å². The smallest absolute Gasteiger partial charge is 0.234 e. The van der Waals surface area contributed by atoms with Crippen LogP contribution < -0.4 is 5.62 Å². The summed E-state index contributed by atoms with van der Waals surface area (Å²) in [7, 11) is 0. The van der Waals surface area contributed by atoms with Crippen molar-refractivity contribution in [2.45, 2.75) is 52.6 Å². The number of unbranched alkanes of at least 4 members (excludes halogenated alkanes) is 2. The number of rotatable bonds is 7. The lowest BCUT2D eigenvalue weighted by molar-refractivity contribution is 0.557. The molecule has 0 amide bonds. The Labute approximate surface area is 118 Å². The highest BCUT2D eigenvalue weighted by atomic mass is 16.3. The summed E-state index contributed by atoms with van der Waals surface area (Å²) in [4.78, 5) is 10.7. The van der Waals surface area contributed by atoms with Gasteiger partial charge in [0.15, 0.2) is 0 Å². The van der Waals surface area contributed by atoms with Crippen molar-refractivity contribution in [3.63, 3.8) is 0 Å². The molecular formula is C15H22N4O. The number of hydrogen-bond donors (Lipinski definition) is 0. The lowest BCUT2D eigenvalue weighted by Gasteiger charge is -2.03. The molecule has 1 aromatic heterocycles. The number of aromatic nitrogens is 2. The summed E-state index contributed by atoms with van der Waals surface area (Å²) in [5, 5.41) is 6.62. The summed E-state index contributed by atoms with van der Waals surface area (Å²) < 4.78 is 4.21. The molecule has 0 aliphatic carbocycles. The Kier molecular flexibility index (Phi) is 5.09. The van der Waals surface area contributed by atoms with Gasteiger partial charge in [0, 0.05) is 13.1 Å². The number of benzene rings is 1. The van der Waals surface area contributed by atoms with Gasteiger partial charge in [-0.25, -0.2) is 0 Å². The molecule has 1 aromatic carbocycles. The second-order valence-corrected chi connectivity index (χ2v) is 4.98. The number of aryl methyl sites for hydroxylation is 2. The van der Waals surface area contributed by atoms with Crippen LogP contribution in [0.25, 0.3) is 11.0 Å². The van der Waals surface area contributed by atoms with Crippen molar-refractivity contribution in [3.8, 4) is 0 Å². The molecule has 0 saturated carbocycles. The van der Waals surface area contributed by atoms with Crippen LogP contribution in [0.1, 0.15) is 39.5 Å². The van der Waals surface area contributed by atoms with Gasteiger partial charge in [0.25, 0.3) is 0 Å². The normalized spacial score (nSPS) is 10.9. The van der Waals surface area contributed by atoms with Gasteiger partial charge >= 0.3 is 0 Å². The maximum Gasteiger partial charge on any atom is 0.234 e. The van der Waals surface area contributed by atoms with E-state index >= 15 is 0 Å². The van der Waals surface area contributed by atoms with Gasteiger partial charge in [-0.2, -0.15) is 0 Å². The predicted octanol–water partition coefficient (Wildman–Crippen LogP) is 3.63. The number of nitrogens with zero attached hydrogens (tertiary/aromatic N) is 4. The van der Waals surface area contributed by atoms with Crippen LogP contribution in [0.2, 0.25) is 0 Å². The quantitative estimate of drug-likeness (QED) is 0.562. The molecule has 5 heteroatoms. The summed E-state index contributed by atoms with van der Waals surface area (Å²) >= 11 is 0. The molecule has 5 nitrogen and oxygen atoms in total. The van der Waals surface area contributed by atoms with Crippen LogP contribution in [0.15, 0.2) is 34.7 Å². The average Bonchev–Trinajstić information content (AvgIpc) is 2.77. The molecule has 0 N–H and O–H groups in total. The molecule has 108 valence electrons. The van der Waals surface area contributed by atoms with E-state index in [1.807, 2.05) is 12.1 Å². The molecule has 0 atom stereocenters. The van der Waals surface area contributed by atoms with Crippen molar-refractivity contribution in [3.05, 3.63) is 34.8 Å². The molecule has 0 aliphatic heterocycles. The third-order valence-corrected chi connectivity index (χ3v) is 3.55. The lowest BCUT2D eigenvalue weighted by atomic mass is 10.3. The van der Waals surface area contributed by atoms with Crippen molar-refractivity contribution in [1.29, 1.82) is 0 Å². The van der Waals surface area contributed by atoms with Crippen LogP contribution in [0.3, 0.4) is 0 Å². The van der Waals surface area contributed by atoms with Gasteiger partial charge in [-0.1, -0.05) is 43.9 Å². The monoisotopic (exact) mass is 274 g/mol. The standard InChI is InChI=1S/C15H22N4O/c1-3-5-11-18-13-9-7-8-10-14(13)19(12-6-4-2)15(18)16-17-20/h7-10H,3-6,11-12H2,1-2H3. The Bertz CT molecular complexity index is 591. The van der Waals surface area contributed by atoms with Gasteiger partial charge in [-0.05, 0) is 25.0 Å². The first kappa shape index (κ1) is 14.5. The second kappa shape index (κ2) is 7.03. The molecule has 20 heavy (non-hydrogen) atoms. The molecule has 1 heterocycles. The molecular weight excluding hydrogens is 252 g/mol. The first-order valence-electron chi connectivity index (χ1n) is 7.37. The highest BCUT2D eigenvalue weighted by molar-refractivity contribution is 5.75. The second-order valence-electron chi connectivity index (χ2n) is 4.98. The molecule has 0 fully saturated rings. The molecule has 2 aromatic rings. The van der Waals surface area contributed by atoms with E-state index in [1.54, 1.807) is 0 Å². The van der Waals surface area contributed by atoms with Crippen molar-refractivity contribution < 1.29 is 0 Å². The minimum atomic E-state index is 0.670. The van der Waals surface area contributed by atoms with Crippen molar-refractivity contribution >= 4 is 11.0 Å². The first-order valence-corrected chi connectivity index (χ1v) is 7.37. The zero-order chi connectivity index (χ0) is 14.4. The van der Waals surface area contributed by atoms with Crippen molar-refractivity contribution in [2.75, 3.05) is 0 Å². The highest BCUT2D eigenvalue weighted by Crippen LogP contribution is 2.14. The maximum atomic E-state index is 10.7. The van der Waals surface area contributed by atoms with Gasteiger partial charge in [-0.15, -0.1) is 4.91 Å². The van der Waals surface area contributed by atoms with Gasteiger partial charge in [0.2, 0.25) is 5.62 Å². The van der Waals surface area contributed by atoms with E-state index in [0.29, 0.717) is 5.62 Å². The van der Waals surface area contributed by atoms with Gasteiger partial charge in [-0.3, -0.25) is 0 Å². The van der Waals surface area contributed by atoms with E-state index in [9.17, 15) is 4.91 Å². The number of fused-ring (bicyclic) bond motifs is 1. The predicted molar refractivity (Wildman–Crippen MR) is 81.1 cm³/mol. The van der Waals surface area contributed by atoms with E-state index in [4.69, 9.17) is 0 Å². The Morgan fingerprint density at radius 2 is 1.45 bits per heavy atom. The van der Waals surface area contributed by atoms with Gasteiger partial charge in [0.05, 0.1) is 16.3 Å². The van der Waals surface area contributed by atoms with E-state index < -0.39 is 0 Å². The van der Waals surface area contributed by atoms with Crippen LogP contribution in [0, 0.1) is 4.91 Å². The summed E-state index contributed by atoms with van der Waals surface area (Å²) in [6.45, 7) is 6.05. The Hall–Kier alpha value is -1.91. The SMILES string of the molecule is CCCCn1c(=NN=O)n(CCCC)c2ccccc21. The third kappa shape index (κ3) is 2.81. The minimum Gasteiger partial charge on any atom is -0.309 e. The van der Waals surface area contributed by atoms with Crippen molar-refractivity contribution in [2.24, 2.45) is 10.4 Å². The lowest BCUT2D eigenvalue weighted by Crippen LogP contribution is -2.26. The summed E-state index contributed by atoms with van der Waals surface area (Å²) in [5.74, 6) is 0. The number of nitroso groups, excluding NO2 is 1. The maximum absolute atomic E-state index is 10.7. The largest absolute Gasteiger partial charge is 0.309 e. The zero-order valence-corrected chi connectivity index (χ0v) is 12.2. The minimum absolute atomic E-state index is 0.670. The number of para-hydroxylation sites is 2. The summed E-state index contributed by atoms with van der Waals surface area (Å²) in [6, 6.07) is 8.20. The molecule has 0 saturated heterocycles. The van der Waals surface area contributed by atoms with E-state index in [0.717, 1.165) is 49.8 Å². The fraction of sp³-hybridized carbons (Fsp3) is 0.533. The first-order chi connectivity index (χ1) is 9.83. The molecule has 0 unspecified atom stereocenters. The van der Waals surface area contributed by atoms with Crippen LogP contribution in [0.4, 0.5) is 0 Å². The summed E-state index contributed by atoms with van der Waals surface area (Å²) in [5.41, 5.74) is 2.92. The average molecular weight is 274 g/mol. The Morgan fingerprint density at radius 1 is 0.950 bits per heavy atom. The third-order valence-electron chi connectivity index (χ3n) is 3.55. The number of hydrogen-bond acceptors (Lipinski definition) is 2. The van der Waals surface area contributed by atoms with E-state index in [1.165, 1.54) is 0 Å². The molecule has 2 rings (SSSR count). The molecule has 0 spiro atoms. The Morgan fingerprint density at radius 3 is 1.85 bits per heavy atom. The Balaban J connectivity index is 2.64. The van der Waals surface area contributed by atoms with Gasteiger partial charge in [0.1, 0.15) is 0 Å².